The molecule has 3 N–H and O–H groups in total. The fourth-order valence-corrected chi connectivity index (χ4v) is 0.679. The van der Waals surface area contributed by atoms with Crippen LogP contribution in [0.4, 0.5) is 18.9 Å². The Balaban J connectivity index is 3.27. The highest BCUT2D eigenvalue weighted by atomic mass is 19.3. The highest BCUT2D eigenvalue weighted by Gasteiger charge is 2.17. The Morgan fingerprint density at radius 2 is 2.08 bits per heavy atom. The zero-order valence-electron chi connectivity index (χ0n) is 5.76. The van der Waals surface area contributed by atoms with Crippen molar-refractivity contribution < 1.29 is 18.3 Å². The zero-order valence-corrected chi connectivity index (χ0v) is 5.76. The molecule has 0 spiro atoms. The van der Waals surface area contributed by atoms with E-state index in [1.54, 1.807) is 0 Å². The minimum Gasteiger partial charge on any atom is -0.502 e. The Morgan fingerprint density at radius 3 is 2.58 bits per heavy atom. The van der Waals surface area contributed by atoms with E-state index in [0.29, 0.717) is 6.20 Å². The summed E-state index contributed by atoms with van der Waals surface area (Å²) in [6.45, 7) is 0. The third kappa shape index (κ3) is 1.27. The highest BCUT2D eigenvalue weighted by Crippen LogP contribution is 2.31. The van der Waals surface area contributed by atoms with Gasteiger partial charge >= 0.3 is 0 Å². The van der Waals surface area contributed by atoms with Crippen molar-refractivity contribution in [2.45, 2.75) is 6.43 Å². The van der Waals surface area contributed by atoms with E-state index in [-0.39, 0.29) is 0 Å². The van der Waals surface area contributed by atoms with Gasteiger partial charge in [-0.05, 0) is 0 Å². The Kier molecular flexibility index (Phi) is 2.07. The first-order chi connectivity index (χ1) is 5.54. The van der Waals surface area contributed by atoms with Crippen molar-refractivity contribution in [3.8, 4) is 5.75 Å². The average molecular weight is 178 g/mol. The van der Waals surface area contributed by atoms with Gasteiger partial charge < -0.3 is 10.8 Å². The van der Waals surface area contributed by atoms with Crippen molar-refractivity contribution in [1.29, 1.82) is 0 Å². The lowest BCUT2D eigenvalue weighted by atomic mass is 10.2. The van der Waals surface area contributed by atoms with E-state index in [9.17, 15) is 13.2 Å². The lowest BCUT2D eigenvalue weighted by molar-refractivity contribution is 0.151. The minimum atomic E-state index is -2.87. The van der Waals surface area contributed by atoms with Crippen LogP contribution in [0.3, 0.4) is 0 Å². The standard InChI is InChI=1S/C6H5F3N2O/c7-5(8)2-1-11-6(9)4(12)3(2)10/h1,5,12H,(H2,10,11). The van der Waals surface area contributed by atoms with E-state index in [4.69, 9.17) is 10.8 Å². The van der Waals surface area contributed by atoms with Crippen LogP contribution in [0.15, 0.2) is 6.20 Å². The molecule has 0 aliphatic carbocycles. The lowest BCUT2D eigenvalue weighted by Crippen LogP contribution is -1.99. The number of aromatic nitrogens is 1. The first-order valence-corrected chi connectivity index (χ1v) is 2.95. The topological polar surface area (TPSA) is 59.1 Å². The molecule has 0 fully saturated rings. The summed E-state index contributed by atoms with van der Waals surface area (Å²) in [5, 5.41) is 8.74. The molecule has 0 aliphatic heterocycles. The summed E-state index contributed by atoms with van der Waals surface area (Å²) in [5.74, 6) is -2.29. The number of alkyl halides is 2. The number of nitrogen functional groups attached to an aromatic ring is 1. The molecular formula is C6H5F3N2O. The molecule has 1 aromatic rings. The third-order valence-corrected chi connectivity index (χ3v) is 1.31. The fraction of sp³-hybridized carbons (Fsp3) is 0.167. The molecule has 0 aromatic carbocycles. The summed E-state index contributed by atoms with van der Waals surface area (Å²) >= 11 is 0. The largest absolute Gasteiger partial charge is 0.502 e. The van der Waals surface area contributed by atoms with Gasteiger partial charge in [0.1, 0.15) is 0 Å². The first kappa shape index (κ1) is 8.63. The monoisotopic (exact) mass is 178 g/mol. The molecule has 1 heterocycles. The van der Waals surface area contributed by atoms with Crippen LogP contribution in [-0.2, 0) is 0 Å². The van der Waals surface area contributed by atoms with Crippen molar-refractivity contribution in [2.24, 2.45) is 0 Å². The number of nitrogens with zero attached hydrogens (tertiary/aromatic N) is 1. The lowest BCUT2D eigenvalue weighted by Gasteiger charge is -2.05. The molecule has 0 bridgehead atoms. The second-order valence-corrected chi connectivity index (χ2v) is 2.07. The maximum atomic E-state index is 12.3. The molecule has 0 atom stereocenters. The molecule has 3 nitrogen and oxygen atoms in total. The summed E-state index contributed by atoms with van der Waals surface area (Å²) in [5.41, 5.74) is 3.63. The van der Waals surface area contributed by atoms with E-state index < -0.39 is 29.4 Å². The number of pyridine rings is 1. The van der Waals surface area contributed by atoms with Crippen molar-refractivity contribution in [2.75, 3.05) is 5.73 Å². The molecule has 0 saturated carbocycles. The van der Waals surface area contributed by atoms with Crippen LogP contribution in [-0.4, -0.2) is 10.1 Å². The summed E-state index contributed by atoms with van der Waals surface area (Å²) in [6, 6.07) is 0. The fourth-order valence-electron chi connectivity index (χ4n) is 0.679. The second-order valence-electron chi connectivity index (χ2n) is 2.07. The summed E-state index contributed by atoms with van der Waals surface area (Å²) < 4.78 is 36.3. The zero-order chi connectivity index (χ0) is 9.30. The van der Waals surface area contributed by atoms with Gasteiger partial charge in [0, 0.05) is 6.20 Å². The van der Waals surface area contributed by atoms with Crippen molar-refractivity contribution in [3.63, 3.8) is 0 Å². The van der Waals surface area contributed by atoms with Crippen LogP contribution in [0.1, 0.15) is 12.0 Å². The van der Waals surface area contributed by atoms with Gasteiger partial charge in [-0.15, -0.1) is 0 Å². The predicted molar refractivity (Wildman–Crippen MR) is 35.2 cm³/mol. The number of nitrogens with two attached hydrogens (primary N) is 1. The molecule has 0 saturated heterocycles. The van der Waals surface area contributed by atoms with Crippen LogP contribution in [0.5, 0.6) is 5.75 Å². The van der Waals surface area contributed by atoms with Gasteiger partial charge in [0.05, 0.1) is 11.3 Å². The minimum absolute atomic E-state index is 0.592. The Bertz CT molecular complexity index is 303. The summed E-state index contributed by atoms with van der Waals surface area (Å²) in [6.07, 6.45) is -2.28. The van der Waals surface area contributed by atoms with E-state index >= 15 is 0 Å². The number of halogens is 3. The molecule has 0 aliphatic rings. The maximum Gasteiger partial charge on any atom is 0.267 e. The summed E-state index contributed by atoms with van der Waals surface area (Å²) in [7, 11) is 0. The van der Waals surface area contributed by atoms with Gasteiger partial charge in [-0.2, -0.15) is 4.39 Å². The third-order valence-electron chi connectivity index (χ3n) is 1.31. The van der Waals surface area contributed by atoms with E-state index in [2.05, 4.69) is 4.98 Å². The predicted octanol–water partition coefficient (Wildman–Crippen LogP) is 1.45. The SMILES string of the molecule is Nc1c(C(F)F)cnc(F)c1O. The molecule has 0 unspecified atom stereocenters. The van der Waals surface area contributed by atoms with Gasteiger partial charge in [-0.1, -0.05) is 0 Å². The van der Waals surface area contributed by atoms with Gasteiger partial charge in [0.15, 0.2) is 5.75 Å². The average Bonchev–Trinajstić information content (AvgIpc) is 2.00. The molecule has 1 aromatic heterocycles. The van der Waals surface area contributed by atoms with Crippen molar-refractivity contribution in [1.82, 2.24) is 4.98 Å². The molecular weight excluding hydrogens is 173 g/mol. The van der Waals surface area contributed by atoms with E-state index in [1.165, 1.54) is 0 Å². The quantitative estimate of drug-likeness (QED) is 0.639. The number of hydrogen-bond acceptors (Lipinski definition) is 3. The maximum absolute atomic E-state index is 12.3. The van der Waals surface area contributed by atoms with Gasteiger partial charge in [0.2, 0.25) is 0 Å². The van der Waals surface area contributed by atoms with Crippen molar-refractivity contribution in [3.05, 3.63) is 17.7 Å². The van der Waals surface area contributed by atoms with E-state index in [0.717, 1.165) is 0 Å². The van der Waals surface area contributed by atoms with Crippen LogP contribution >= 0.6 is 0 Å². The molecule has 12 heavy (non-hydrogen) atoms. The second kappa shape index (κ2) is 2.88. The van der Waals surface area contributed by atoms with Gasteiger partial charge in [-0.3, -0.25) is 0 Å². The molecule has 66 valence electrons. The smallest absolute Gasteiger partial charge is 0.267 e. The Labute approximate surface area is 65.6 Å². The Hall–Kier alpha value is -1.46. The molecule has 0 amide bonds. The van der Waals surface area contributed by atoms with Crippen LogP contribution in [0.25, 0.3) is 0 Å². The van der Waals surface area contributed by atoms with Crippen LogP contribution in [0.2, 0.25) is 0 Å². The molecule has 1 rings (SSSR count). The van der Waals surface area contributed by atoms with Crippen LogP contribution in [0, 0.1) is 5.95 Å². The summed E-state index contributed by atoms with van der Waals surface area (Å²) in [4.78, 5) is 2.88. The Morgan fingerprint density at radius 1 is 1.50 bits per heavy atom. The molecule has 0 radical (unpaired) electrons. The van der Waals surface area contributed by atoms with Crippen molar-refractivity contribution >= 4 is 5.69 Å². The first-order valence-electron chi connectivity index (χ1n) is 2.95. The van der Waals surface area contributed by atoms with Crippen LogP contribution < -0.4 is 5.73 Å². The number of anilines is 1. The molecule has 6 heteroatoms. The van der Waals surface area contributed by atoms with Gasteiger partial charge in [-0.25, -0.2) is 13.8 Å². The number of aromatic hydroxyl groups is 1. The normalized spacial score (nSPS) is 10.7. The number of hydrogen-bond donors (Lipinski definition) is 2. The highest BCUT2D eigenvalue weighted by molar-refractivity contribution is 5.56. The van der Waals surface area contributed by atoms with E-state index in [1.807, 2.05) is 0 Å². The van der Waals surface area contributed by atoms with Gasteiger partial charge in [0.25, 0.3) is 12.4 Å². The number of rotatable bonds is 1.